The summed E-state index contributed by atoms with van der Waals surface area (Å²) in [5.41, 5.74) is 0.364. The van der Waals surface area contributed by atoms with Crippen molar-refractivity contribution in [2.24, 2.45) is 0 Å². The number of rotatable bonds is 5. The van der Waals surface area contributed by atoms with E-state index in [4.69, 9.17) is 0 Å². The maximum atomic E-state index is 12.4. The molecule has 7 nitrogen and oxygen atoms in total. The Labute approximate surface area is 152 Å². The fourth-order valence-electron chi connectivity index (χ4n) is 3.22. The van der Waals surface area contributed by atoms with E-state index >= 15 is 0 Å². The number of carbonyl (C=O) groups excluding carboxylic acids is 2. The van der Waals surface area contributed by atoms with Crippen LogP contribution in [0.15, 0.2) is 35.4 Å². The van der Waals surface area contributed by atoms with E-state index in [0.717, 1.165) is 25.9 Å². The number of nitrogens with one attached hydrogen (secondary N) is 1. The van der Waals surface area contributed by atoms with Crippen LogP contribution in [0.5, 0.6) is 0 Å². The number of hydrogen-bond acceptors (Lipinski definition) is 4. The monoisotopic (exact) mass is 356 g/mol. The molecule has 0 saturated carbocycles. The van der Waals surface area contributed by atoms with Gasteiger partial charge in [-0.15, -0.1) is 0 Å². The molecule has 0 radical (unpaired) electrons. The Hall–Kier alpha value is -2.70. The molecule has 1 aromatic carbocycles. The molecule has 0 atom stereocenters. The van der Waals surface area contributed by atoms with Crippen molar-refractivity contribution in [3.63, 3.8) is 0 Å². The number of fused-ring (bicyclic) bond motifs is 1. The van der Waals surface area contributed by atoms with Crippen molar-refractivity contribution in [2.45, 2.75) is 38.6 Å². The lowest BCUT2D eigenvalue weighted by Crippen LogP contribution is -2.37. The largest absolute Gasteiger partial charge is 0.354 e. The quantitative estimate of drug-likeness (QED) is 0.875. The normalized spacial score (nSPS) is 14.8. The Morgan fingerprint density at radius 1 is 1.08 bits per heavy atom. The van der Waals surface area contributed by atoms with Crippen LogP contribution in [0.2, 0.25) is 0 Å². The highest BCUT2D eigenvalue weighted by Gasteiger charge is 2.15. The maximum Gasteiger partial charge on any atom is 0.261 e. The van der Waals surface area contributed by atoms with Crippen LogP contribution < -0.4 is 10.9 Å². The highest BCUT2D eigenvalue weighted by atomic mass is 16.2. The lowest BCUT2D eigenvalue weighted by atomic mass is 10.2. The summed E-state index contributed by atoms with van der Waals surface area (Å²) in [6, 6.07) is 7.03. The highest BCUT2D eigenvalue weighted by Crippen LogP contribution is 2.10. The standard InChI is InChI=1S/C19H24N4O3/c24-17(20-10-9-18(25)22-11-5-1-2-6-12-22)13-23-14-21-16-8-4-3-7-15(16)19(23)26/h3-4,7-8,14H,1-2,5-6,9-13H2,(H,20,24). The van der Waals surface area contributed by atoms with Gasteiger partial charge in [0, 0.05) is 26.1 Å². The third kappa shape index (κ3) is 4.47. The molecule has 2 aromatic rings. The van der Waals surface area contributed by atoms with Crippen molar-refractivity contribution < 1.29 is 9.59 Å². The summed E-state index contributed by atoms with van der Waals surface area (Å²) in [5, 5.41) is 3.20. The fraction of sp³-hybridized carbons (Fsp3) is 0.474. The summed E-state index contributed by atoms with van der Waals surface area (Å²) in [5.74, 6) is -0.218. The first-order chi connectivity index (χ1) is 12.6. The second-order valence-corrected chi connectivity index (χ2v) is 6.59. The lowest BCUT2D eigenvalue weighted by molar-refractivity contribution is -0.131. The molecule has 2 heterocycles. The molecule has 0 unspecified atom stereocenters. The zero-order valence-corrected chi connectivity index (χ0v) is 14.8. The number of nitrogens with zero attached hydrogens (tertiary/aromatic N) is 3. The predicted molar refractivity (Wildman–Crippen MR) is 98.7 cm³/mol. The van der Waals surface area contributed by atoms with Gasteiger partial charge < -0.3 is 10.2 Å². The van der Waals surface area contributed by atoms with Crippen molar-refractivity contribution in [3.8, 4) is 0 Å². The van der Waals surface area contributed by atoms with Gasteiger partial charge in [-0.3, -0.25) is 19.0 Å². The third-order valence-electron chi connectivity index (χ3n) is 4.67. The topological polar surface area (TPSA) is 84.3 Å². The molecule has 0 bridgehead atoms. The van der Waals surface area contributed by atoms with Crippen molar-refractivity contribution >= 4 is 22.7 Å². The summed E-state index contributed by atoms with van der Waals surface area (Å²) in [4.78, 5) is 42.7. The minimum absolute atomic E-state index is 0.0803. The Bertz CT molecular complexity index is 838. The first-order valence-electron chi connectivity index (χ1n) is 9.14. The van der Waals surface area contributed by atoms with Gasteiger partial charge in [0.05, 0.1) is 17.2 Å². The number of hydrogen-bond donors (Lipinski definition) is 1. The molecular formula is C19H24N4O3. The Morgan fingerprint density at radius 3 is 2.58 bits per heavy atom. The van der Waals surface area contributed by atoms with Crippen LogP contribution in [0, 0.1) is 0 Å². The van der Waals surface area contributed by atoms with E-state index in [9.17, 15) is 14.4 Å². The third-order valence-corrected chi connectivity index (χ3v) is 4.67. The number of amides is 2. The predicted octanol–water partition coefficient (Wildman–Crippen LogP) is 1.31. The number of likely N-dealkylation sites (tertiary alicyclic amines) is 1. The van der Waals surface area contributed by atoms with Crippen molar-refractivity contribution in [2.75, 3.05) is 19.6 Å². The molecular weight excluding hydrogens is 332 g/mol. The molecule has 2 amide bonds. The molecule has 0 spiro atoms. The Morgan fingerprint density at radius 2 is 1.81 bits per heavy atom. The Balaban J connectivity index is 1.50. The molecule has 26 heavy (non-hydrogen) atoms. The van der Waals surface area contributed by atoms with Gasteiger partial charge in [-0.05, 0) is 25.0 Å². The van der Waals surface area contributed by atoms with E-state index in [1.165, 1.54) is 23.7 Å². The van der Waals surface area contributed by atoms with Gasteiger partial charge in [-0.1, -0.05) is 25.0 Å². The van der Waals surface area contributed by atoms with E-state index in [0.29, 0.717) is 10.9 Å². The molecule has 1 fully saturated rings. The minimum Gasteiger partial charge on any atom is -0.354 e. The lowest BCUT2D eigenvalue weighted by Gasteiger charge is -2.20. The highest BCUT2D eigenvalue weighted by molar-refractivity contribution is 5.80. The average Bonchev–Trinajstić information content (AvgIpc) is 2.94. The second kappa shape index (κ2) is 8.60. The van der Waals surface area contributed by atoms with Gasteiger partial charge in [-0.25, -0.2) is 4.98 Å². The minimum atomic E-state index is -0.298. The fourth-order valence-corrected chi connectivity index (χ4v) is 3.22. The molecule has 1 saturated heterocycles. The summed E-state index contributed by atoms with van der Waals surface area (Å²) in [6.45, 7) is 1.80. The molecule has 1 N–H and O–H groups in total. The summed E-state index contributed by atoms with van der Waals surface area (Å²) in [7, 11) is 0. The molecule has 3 rings (SSSR count). The van der Waals surface area contributed by atoms with E-state index in [-0.39, 0.29) is 36.9 Å². The van der Waals surface area contributed by atoms with E-state index in [2.05, 4.69) is 10.3 Å². The van der Waals surface area contributed by atoms with Gasteiger partial charge in [0.25, 0.3) is 5.56 Å². The zero-order valence-electron chi connectivity index (χ0n) is 14.8. The molecule has 1 aromatic heterocycles. The average molecular weight is 356 g/mol. The number of para-hydroxylation sites is 1. The van der Waals surface area contributed by atoms with Crippen LogP contribution in [-0.2, 0) is 16.1 Å². The van der Waals surface area contributed by atoms with Crippen LogP contribution in [0.25, 0.3) is 10.9 Å². The van der Waals surface area contributed by atoms with Crippen molar-refractivity contribution in [1.29, 1.82) is 0 Å². The Kier molecular flexibility index (Phi) is 5.99. The van der Waals surface area contributed by atoms with Gasteiger partial charge >= 0.3 is 0 Å². The number of aromatic nitrogens is 2. The zero-order chi connectivity index (χ0) is 18.4. The molecule has 138 valence electrons. The van der Waals surface area contributed by atoms with Gasteiger partial charge in [0.2, 0.25) is 11.8 Å². The SMILES string of the molecule is O=C(Cn1cnc2ccccc2c1=O)NCCC(=O)N1CCCCCC1. The van der Waals surface area contributed by atoms with Gasteiger partial charge in [0.1, 0.15) is 6.54 Å². The van der Waals surface area contributed by atoms with E-state index in [1.807, 2.05) is 11.0 Å². The molecule has 0 aliphatic carbocycles. The summed E-state index contributed by atoms with van der Waals surface area (Å²) in [6.07, 6.45) is 6.12. The molecule has 1 aliphatic rings. The van der Waals surface area contributed by atoms with Crippen LogP contribution in [0.1, 0.15) is 32.1 Å². The molecule has 1 aliphatic heterocycles. The van der Waals surface area contributed by atoms with Crippen LogP contribution in [-0.4, -0.2) is 45.9 Å². The van der Waals surface area contributed by atoms with Crippen molar-refractivity contribution in [1.82, 2.24) is 19.8 Å². The summed E-state index contributed by atoms with van der Waals surface area (Å²) < 4.78 is 1.29. The van der Waals surface area contributed by atoms with E-state index < -0.39 is 0 Å². The maximum absolute atomic E-state index is 12.4. The van der Waals surface area contributed by atoms with Crippen LogP contribution in [0.4, 0.5) is 0 Å². The van der Waals surface area contributed by atoms with E-state index in [1.54, 1.807) is 18.2 Å². The van der Waals surface area contributed by atoms with Crippen molar-refractivity contribution in [3.05, 3.63) is 40.9 Å². The first kappa shape index (κ1) is 18.1. The summed E-state index contributed by atoms with van der Waals surface area (Å²) >= 11 is 0. The van der Waals surface area contributed by atoms with Gasteiger partial charge in [-0.2, -0.15) is 0 Å². The van der Waals surface area contributed by atoms with Crippen LogP contribution >= 0.6 is 0 Å². The second-order valence-electron chi connectivity index (χ2n) is 6.59. The molecule has 7 heteroatoms. The number of benzene rings is 1. The van der Waals surface area contributed by atoms with Crippen LogP contribution in [0.3, 0.4) is 0 Å². The first-order valence-corrected chi connectivity index (χ1v) is 9.14. The smallest absolute Gasteiger partial charge is 0.261 e. The number of carbonyl (C=O) groups is 2. The van der Waals surface area contributed by atoms with Gasteiger partial charge in [0.15, 0.2) is 0 Å².